The fraction of sp³-hybridized carbons (Fsp3) is 0.818. The third-order valence-electron chi connectivity index (χ3n) is 3.70. The summed E-state index contributed by atoms with van der Waals surface area (Å²) in [5.41, 5.74) is 5.84. The molecular formula is C11H18ClN3O2. The number of nitrogens with zero attached hydrogens (tertiary/aromatic N) is 2. The molecule has 17 heavy (non-hydrogen) atoms. The summed E-state index contributed by atoms with van der Waals surface area (Å²) in [6.45, 7) is 1.58. The summed E-state index contributed by atoms with van der Waals surface area (Å²) in [6, 6.07) is 0. The highest BCUT2D eigenvalue weighted by atomic mass is 35.5. The Bertz CT molecular complexity index is 373. The van der Waals surface area contributed by atoms with E-state index >= 15 is 0 Å². The number of hydrogen-bond acceptors (Lipinski definition) is 5. The lowest BCUT2D eigenvalue weighted by Gasteiger charge is -2.34. The Labute approximate surface area is 106 Å². The summed E-state index contributed by atoms with van der Waals surface area (Å²) in [5, 5.41) is 4.03. The molecule has 2 fully saturated rings. The van der Waals surface area contributed by atoms with Crippen molar-refractivity contribution < 1.29 is 9.26 Å². The van der Waals surface area contributed by atoms with Gasteiger partial charge in [-0.25, -0.2) is 0 Å². The van der Waals surface area contributed by atoms with Crippen molar-refractivity contribution in [2.24, 2.45) is 5.73 Å². The number of rotatable bonds is 2. The Hall–Kier alpha value is -0.650. The van der Waals surface area contributed by atoms with Crippen LogP contribution >= 0.6 is 12.4 Å². The van der Waals surface area contributed by atoms with Crippen LogP contribution in [0.25, 0.3) is 0 Å². The number of nitrogens with two attached hydrogens (primary N) is 1. The maximum atomic E-state index is 6.16. The van der Waals surface area contributed by atoms with E-state index < -0.39 is 0 Å². The molecule has 0 radical (unpaired) electrons. The van der Waals surface area contributed by atoms with Crippen LogP contribution in [-0.2, 0) is 10.3 Å². The molecule has 0 atom stereocenters. The highest BCUT2D eigenvalue weighted by molar-refractivity contribution is 5.85. The van der Waals surface area contributed by atoms with E-state index in [4.69, 9.17) is 15.0 Å². The zero-order valence-electron chi connectivity index (χ0n) is 9.72. The van der Waals surface area contributed by atoms with Gasteiger partial charge in [-0.15, -0.1) is 12.4 Å². The van der Waals surface area contributed by atoms with Crippen LogP contribution in [0.3, 0.4) is 0 Å². The van der Waals surface area contributed by atoms with Crippen molar-refractivity contribution in [2.45, 2.75) is 43.6 Å². The zero-order valence-corrected chi connectivity index (χ0v) is 10.5. The van der Waals surface area contributed by atoms with E-state index in [1.54, 1.807) is 0 Å². The smallest absolute Gasteiger partial charge is 0.230 e. The summed E-state index contributed by atoms with van der Waals surface area (Å²) in [6.07, 6.45) is 5.05. The van der Waals surface area contributed by atoms with Gasteiger partial charge in [-0.05, 0) is 32.1 Å². The molecule has 5 nitrogen and oxygen atoms in total. The van der Waals surface area contributed by atoms with E-state index in [1.165, 1.54) is 0 Å². The minimum Gasteiger partial charge on any atom is -0.381 e. The SMILES string of the molecule is Cl.NC1(c2noc(C3CCOCC3)n2)CCC1. The first-order valence-electron chi connectivity index (χ1n) is 5.99. The van der Waals surface area contributed by atoms with Gasteiger partial charge in [0.1, 0.15) is 0 Å². The Balaban J connectivity index is 0.00000108. The quantitative estimate of drug-likeness (QED) is 0.875. The normalized spacial score (nSPS) is 23.8. The Morgan fingerprint density at radius 3 is 2.53 bits per heavy atom. The van der Waals surface area contributed by atoms with Gasteiger partial charge in [0, 0.05) is 19.1 Å². The number of hydrogen-bond donors (Lipinski definition) is 1. The minimum atomic E-state index is -0.313. The summed E-state index contributed by atoms with van der Waals surface area (Å²) >= 11 is 0. The highest BCUT2D eigenvalue weighted by Gasteiger charge is 2.39. The van der Waals surface area contributed by atoms with Crippen molar-refractivity contribution >= 4 is 12.4 Å². The van der Waals surface area contributed by atoms with Gasteiger partial charge in [-0.3, -0.25) is 0 Å². The van der Waals surface area contributed by atoms with Gasteiger partial charge in [-0.2, -0.15) is 4.98 Å². The molecule has 2 N–H and O–H groups in total. The van der Waals surface area contributed by atoms with Gasteiger partial charge in [0.05, 0.1) is 5.54 Å². The molecule has 1 aromatic heterocycles. The highest BCUT2D eigenvalue weighted by Crippen LogP contribution is 2.37. The van der Waals surface area contributed by atoms with Gasteiger partial charge in [-0.1, -0.05) is 5.16 Å². The van der Waals surface area contributed by atoms with E-state index in [0.29, 0.717) is 11.7 Å². The lowest BCUT2D eigenvalue weighted by Crippen LogP contribution is -2.44. The third-order valence-corrected chi connectivity index (χ3v) is 3.70. The molecule has 1 aliphatic carbocycles. The standard InChI is InChI=1S/C11H17N3O2.ClH/c12-11(4-1-5-11)10-13-9(16-14-10)8-2-6-15-7-3-8;/h8H,1-7,12H2;1H. The van der Waals surface area contributed by atoms with Crippen LogP contribution in [0.4, 0.5) is 0 Å². The van der Waals surface area contributed by atoms with Gasteiger partial charge >= 0.3 is 0 Å². The fourth-order valence-electron chi connectivity index (χ4n) is 2.33. The van der Waals surface area contributed by atoms with Crippen LogP contribution in [0.5, 0.6) is 0 Å². The molecule has 1 saturated heterocycles. The molecule has 6 heteroatoms. The van der Waals surface area contributed by atoms with Gasteiger partial charge in [0.25, 0.3) is 0 Å². The molecule has 2 heterocycles. The Kier molecular flexibility index (Phi) is 3.70. The van der Waals surface area contributed by atoms with Crippen LogP contribution in [0.1, 0.15) is 49.7 Å². The van der Waals surface area contributed by atoms with E-state index in [-0.39, 0.29) is 17.9 Å². The second-order valence-corrected chi connectivity index (χ2v) is 4.85. The maximum absolute atomic E-state index is 6.16. The van der Waals surface area contributed by atoms with Crippen molar-refractivity contribution in [2.75, 3.05) is 13.2 Å². The van der Waals surface area contributed by atoms with Crippen molar-refractivity contribution in [3.05, 3.63) is 11.7 Å². The molecule has 1 aromatic rings. The van der Waals surface area contributed by atoms with Crippen LogP contribution in [0.2, 0.25) is 0 Å². The van der Waals surface area contributed by atoms with Crippen LogP contribution in [0, 0.1) is 0 Å². The van der Waals surface area contributed by atoms with E-state index in [0.717, 1.165) is 51.2 Å². The largest absolute Gasteiger partial charge is 0.381 e. The van der Waals surface area contributed by atoms with Crippen LogP contribution < -0.4 is 5.73 Å². The van der Waals surface area contributed by atoms with Crippen LogP contribution in [0.15, 0.2) is 4.52 Å². The molecule has 0 amide bonds. The second-order valence-electron chi connectivity index (χ2n) is 4.85. The van der Waals surface area contributed by atoms with Gasteiger partial charge < -0.3 is 15.0 Å². The second kappa shape index (κ2) is 4.92. The van der Waals surface area contributed by atoms with Crippen molar-refractivity contribution in [1.82, 2.24) is 10.1 Å². The first-order chi connectivity index (χ1) is 7.78. The molecule has 0 bridgehead atoms. The predicted molar refractivity (Wildman–Crippen MR) is 64.1 cm³/mol. The number of ether oxygens (including phenoxy) is 1. The molecule has 1 saturated carbocycles. The van der Waals surface area contributed by atoms with Crippen molar-refractivity contribution in [1.29, 1.82) is 0 Å². The fourth-order valence-corrected chi connectivity index (χ4v) is 2.33. The molecule has 0 spiro atoms. The van der Waals surface area contributed by atoms with E-state index in [9.17, 15) is 0 Å². The first kappa shape index (κ1) is 12.8. The van der Waals surface area contributed by atoms with Gasteiger partial charge in [0.2, 0.25) is 5.89 Å². The monoisotopic (exact) mass is 259 g/mol. The average Bonchev–Trinajstić information content (AvgIpc) is 2.77. The molecule has 96 valence electrons. The minimum absolute atomic E-state index is 0. The molecule has 0 unspecified atom stereocenters. The summed E-state index contributed by atoms with van der Waals surface area (Å²) in [4.78, 5) is 4.47. The summed E-state index contributed by atoms with van der Waals surface area (Å²) in [5.74, 6) is 1.80. The van der Waals surface area contributed by atoms with E-state index in [2.05, 4.69) is 10.1 Å². The lowest BCUT2D eigenvalue weighted by atomic mass is 9.77. The molecule has 2 aliphatic rings. The molecular weight excluding hydrogens is 242 g/mol. The predicted octanol–water partition coefficient (Wildman–Crippen LogP) is 1.72. The molecule has 1 aliphatic heterocycles. The summed E-state index contributed by atoms with van der Waals surface area (Å²) < 4.78 is 10.6. The van der Waals surface area contributed by atoms with Crippen molar-refractivity contribution in [3.8, 4) is 0 Å². The topological polar surface area (TPSA) is 74.2 Å². The lowest BCUT2D eigenvalue weighted by molar-refractivity contribution is 0.0778. The van der Waals surface area contributed by atoms with Crippen LogP contribution in [-0.4, -0.2) is 23.4 Å². The Morgan fingerprint density at radius 1 is 1.24 bits per heavy atom. The third kappa shape index (κ3) is 2.32. The Morgan fingerprint density at radius 2 is 1.94 bits per heavy atom. The maximum Gasteiger partial charge on any atom is 0.230 e. The molecule has 0 aromatic carbocycles. The molecule has 3 rings (SSSR count). The average molecular weight is 260 g/mol. The zero-order chi connectivity index (χ0) is 11.0. The first-order valence-corrected chi connectivity index (χ1v) is 5.99. The number of aromatic nitrogens is 2. The van der Waals surface area contributed by atoms with Crippen molar-refractivity contribution in [3.63, 3.8) is 0 Å². The van der Waals surface area contributed by atoms with E-state index in [1.807, 2.05) is 0 Å². The summed E-state index contributed by atoms with van der Waals surface area (Å²) in [7, 11) is 0. The number of halogens is 1. The van der Waals surface area contributed by atoms with Gasteiger partial charge in [0.15, 0.2) is 5.82 Å².